The van der Waals surface area contributed by atoms with Crippen LogP contribution in [0.15, 0.2) is 0 Å². The molecule has 0 aliphatic carbocycles. The molecule has 0 fully saturated rings. The van der Waals surface area contributed by atoms with Gasteiger partial charge in [-0.25, -0.2) is 0 Å². The van der Waals surface area contributed by atoms with Crippen LogP contribution in [-0.2, 0) is 0 Å². The fraction of sp³-hybridized carbons (Fsp3) is 1.00. The Morgan fingerprint density at radius 2 is 1.89 bits per heavy atom. The highest BCUT2D eigenvalue weighted by Gasteiger charge is 2.23. The fourth-order valence-corrected chi connectivity index (χ4v) is 1.21. The van der Waals surface area contributed by atoms with Gasteiger partial charge < -0.3 is 0 Å². The molecule has 0 nitrogen and oxygen atoms in total. The minimum atomic E-state index is 0.398. The normalized spacial score (nSPS) is 18.0. The second kappa shape index (κ2) is 3.50. The van der Waals surface area contributed by atoms with Gasteiger partial charge in [0.15, 0.2) is 0 Å². The van der Waals surface area contributed by atoms with Crippen LogP contribution in [-0.4, -0.2) is 5.75 Å². The van der Waals surface area contributed by atoms with E-state index >= 15 is 0 Å². The van der Waals surface area contributed by atoms with Crippen molar-refractivity contribution in [3.63, 3.8) is 0 Å². The Kier molecular flexibility index (Phi) is 3.64. The summed E-state index contributed by atoms with van der Waals surface area (Å²) in [5, 5.41) is 0. The molecule has 0 saturated heterocycles. The van der Waals surface area contributed by atoms with Crippen LogP contribution in [0.2, 0.25) is 0 Å². The number of rotatable bonds is 3. The third kappa shape index (κ3) is 2.21. The van der Waals surface area contributed by atoms with E-state index < -0.39 is 0 Å². The molecule has 0 bridgehead atoms. The zero-order valence-corrected chi connectivity index (χ0v) is 7.72. The minimum absolute atomic E-state index is 0.398. The van der Waals surface area contributed by atoms with Crippen molar-refractivity contribution in [2.24, 2.45) is 11.3 Å². The topological polar surface area (TPSA) is 0 Å². The molecule has 0 aromatic heterocycles. The van der Waals surface area contributed by atoms with Crippen LogP contribution >= 0.6 is 12.6 Å². The van der Waals surface area contributed by atoms with Gasteiger partial charge in [0, 0.05) is 5.75 Å². The molecule has 0 aromatic carbocycles. The van der Waals surface area contributed by atoms with Crippen LogP contribution in [0.3, 0.4) is 0 Å². The summed E-state index contributed by atoms with van der Waals surface area (Å²) in [5.74, 6) is 1.61. The lowest BCUT2D eigenvalue weighted by molar-refractivity contribution is 0.248. The smallest absolute Gasteiger partial charge is 0.00933 e. The van der Waals surface area contributed by atoms with Gasteiger partial charge in [-0.3, -0.25) is 0 Å². The standard InChI is InChI=1S/C8H17S/c1-5-8(4,6-9)7(2)3/h7H,5-6H2,1-4H3. The molecule has 1 atom stereocenters. The molecular formula is C8H17S. The summed E-state index contributed by atoms with van der Waals surface area (Å²) < 4.78 is 0. The Morgan fingerprint density at radius 1 is 1.44 bits per heavy atom. The van der Waals surface area contributed by atoms with Gasteiger partial charge in [-0.1, -0.05) is 40.3 Å². The molecule has 0 aliphatic rings. The van der Waals surface area contributed by atoms with E-state index in [1.54, 1.807) is 0 Å². The van der Waals surface area contributed by atoms with Crippen molar-refractivity contribution < 1.29 is 0 Å². The average Bonchev–Trinajstić information content (AvgIpc) is 1.86. The molecule has 0 saturated carbocycles. The van der Waals surface area contributed by atoms with Gasteiger partial charge in [0.25, 0.3) is 0 Å². The van der Waals surface area contributed by atoms with E-state index in [9.17, 15) is 0 Å². The third-order valence-corrected chi connectivity index (χ3v) is 3.19. The SMILES string of the molecule is CCC(C)(C[S])C(C)C. The monoisotopic (exact) mass is 145 g/mol. The summed E-state index contributed by atoms with van der Waals surface area (Å²) in [6.07, 6.45) is 1.20. The van der Waals surface area contributed by atoms with E-state index in [4.69, 9.17) is 12.6 Å². The van der Waals surface area contributed by atoms with Gasteiger partial charge >= 0.3 is 0 Å². The lowest BCUT2D eigenvalue weighted by Gasteiger charge is -2.30. The lowest BCUT2D eigenvalue weighted by Crippen LogP contribution is -2.24. The predicted molar refractivity (Wildman–Crippen MR) is 45.7 cm³/mol. The predicted octanol–water partition coefficient (Wildman–Crippen LogP) is 3.26. The maximum Gasteiger partial charge on any atom is 0.00933 e. The number of hydrogen-bond donors (Lipinski definition) is 0. The molecule has 0 heterocycles. The van der Waals surface area contributed by atoms with Gasteiger partial charge in [-0.05, 0) is 17.8 Å². The first-order chi connectivity index (χ1) is 4.06. The maximum absolute atomic E-state index is 5.06. The molecule has 1 radical (unpaired) electrons. The molecule has 0 amide bonds. The van der Waals surface area contributed by atoms with Gasteiger partial charge in [-0.15, -0.1) is 0 Å². The highest BCUT2D eigenvalue weighted by Crippen LogP contribution is 2.31. The molecule has 9 heavy (non-hydrogen) atoms. The molecule has 0 aliphatic heterocycles. The van der Waals surface area contributed by atoms with Crippen molar-refractivity contribution in [3.05, 3.63) is 0 Å². The summed E-state index contributed by atoms with van der Waals surface area (Å²) in [6, 6.07) is 0. The molecule has 0 aromatic rings. The summed E-state index contributed by atoms with van der Waals surface area (Å²) in [7, 11) is 0. The van der Waals surface area contributed by atoms with Crippen LogP contribution in [0.1, 0.15) is 34.1 Å². The van der Waals surface area contributed by atoms with E-state index in [1.807, 2.05) is 0 Å². The maximum atomic E-state index is 5.06. The van der Waals surface area contributed by atoms with E-state index in [-0.39, 0.29) is 0 Å². The summed E-state index contributed by atoms with van der Waals surface area (Å²) in [6.45, 7) is 8.97. The van der Waals surface area contributed by atoms with Gasteiger partial charge in [0.2, 0.25) is 0 Å². The number of hydrogen-bond acceptors (Lipinski definition) is 0. The largest absolute Gasteiger partial charge is 0.0936 e. The molecule has 1 unspecified atom stereocenters. The van der Waals surface area contributed by atoms with Crippen molar-refractivity contribution in [1.29, 1.82) is 0 Å². The van der Waals surface area contributed by atoms with Crippen molar-refractivity contribution in [2.45, 2.75) is 34.1 Å². The lowest BCUT2D eigenvalue weighted by atomic mass is 9.79. The van der Waals surface area contributed by atoms with E-state index in [0.717, 1.165) is 11.7 Å². The summed E-state index contributed by atoms with van der Waals surface area (Å²) in [5.41, 5.74) is 0.398. The van der Waals surface area contributed by atoms with E-state index in [2.05, 4.69) is 27.7 Å². The van der Waals surface area contributed by atoms with Crippen molar-refractivity contribution in [2.75, 3.05) is 5.75 Å². The Labute approximate surface area is 64.4 Å². The molecule has 0 N–H and O–H groups in total. The van der Waals surface area contributed by atoms with Gasteiger partial charge in [0.05, 0.1) is 0 Å². The van der Waals surface area contributed by atoms with Crippen LogP contribution in [0.5, 0.6) is 0 Å². The highest BCUT2D eigenvalue weighted by atomic mass is 32.1. The fourth-order valence-electron chi connectivity index (χ4n) is 0.677. The van der Waals surface area contributed by atoms with Crippen LogP contribution in [0, 0.1) is 11.3 Å². The van der Waals surface area contributed by atoms with Crippen molar-refractivity contribution in [3.8, 4) is 0 Å². The van der Waals surface area contributed by atoms with Gasteiger partial charge in [0.1, 0.15) is 0 Å². The van der Waals surface area contributed by atoms with E-state index in [0.29, 0.717) is 5.41 Å². The molecule has 0 spiro atoms. The van der Waals surface area contributed by atoms with Crippen LogP contribution in [0.25, 0.3) is 0 Å². The zero-order valence-electron chi connectivity index (χ0n) is 6.90. The van der Waals surface area contributed by atoms with Crippen molar-refractivity contribution >= 4 is 12.6 Å². The first kappa shape index (κ1) is 9.35. The van der Waals surface area contributed by atoms with Crippen LogP contribution < -0.4 is 0 Å². The first-order valence-electron chi connectivity index (χ1n) is 3.65. The Bertz CT molecular complexity index is 72.6. The second-order valence-corrected chi connectivity index (χ2v) is 3.60. The van der Waals surface area contributed by atoms with Crippen molar-refractivity contribution in [1.82, 2.24) is 0 Å². The first-order valence-corrected chi connectivity index (χ1v) is 4.22. The second-order valence-electron chi connectivity index (χ2n) is 3.31. The Balaban J connectivity index is 3.92. The molecule has 0 rings (SSSR count). The van der Waals surface area contributed by atoms with E-state index in [1.165, 1.54) is 6.42 Å². The summed E-state index contributed by atoms with van der Waals surface area (Å²) in [4.78, 5) is 0. The highest BCUT2D eigenvalue weighted by molar-refractivity contribution is 7.80. The zero-order chi connectivity index (χ0) is 7.49. The average molecular weight is 145 g/mol. The molecule has 1 heteroatoms. The minimum Gasteiger partial charge on any atom is -0.0936 e. The Morgan fingerprint density at radius 3 is 1.89 bits per heavy atom. The quantitative estimate of drug-likeness (QED) is 0.572. The summed E-state index contributed by atoms with van der Waals surface area (Å²) >= 11 is 5.06. The molecular weight excluding hydrogens is 128 g/mol. The third-order valence-electron chi connectivity index (χ3n) is 2.53. The Hall–Kier alpha value is 0.350. The van der Waals surface area contributed by atoms with Gasteiger partial charge in [-0.2, -0.15) is 0 Å². The van der Waals surface area contributed by atoms with Crippen LogP contribution in [0.4, 0.5) is 0 Å². The molecule has 55 valence electrons.